The first-order chi connectivity index (χ1) is 14.3. The summed E-state index contributed by atoms with van der Waals surface area (Å²) >= 11 is 1.86. The lowest BCUT2D eigenvalue weighted by Crippen LogP contribution is -2.23. The quantitative estimate of drug-likeness (QED) is 0.211. The number of thiophene rings is 1. The van der Waals surface area contributed by atoms with E-state index in [-0.39, 0.29) is 0 Å². The van der Waals surface area contributed by atoms with Crippen molar-refractivity contribution in [2.75, 3.05) is 6.54 Å². The van der Waals surface area contributed by atoms with Crippen molar-refractivity contribution < 1.29 is 0 Å². The van der Waals surface area contributed by atoms with Gasteiger partial charge in [0.1, 0.15) is 0 Å². The highest BCUT2D eigenvalue weighted by atomic mass is 32.1. The maximum absolute atomic E-state index is 5.53. The number of aromatic nitrogens is 1. The summed E-state index contributed by atoms with van der Waals surface area (Å²) in [6.45, 7) is 4.38. The van der Waals surface area contributed by atoms with Crippen LogP contribution >= 0.6 is 11.3 Å². The van der Waals surface area contributed by atoms with Crippen molar-refractivity contribution in [2.24, 2.45) is 5.84 Å². The molecule has 4 heteroatoms. The molecule has 3 nitrogen and oxygen atoms in total. The van der Waals surface area contributed by atoms with Crippen molar-refractivity contribution in [3.8, 4) is 0 Å². The number of nitrogens with zero attached hydrogens (tertiary/aromatic N) is 1. The van der Waals surface area contributed by atoms with E-state index in [9.17, 15) is 0 Å². The largest absolute Gasteiger partial charge is 0.316 e. The lowest BCUT2D eigenvalue weighted by Gasteiger charge is -2.03. The molecule has 5 rings (SSSR count). The van der Waals surface area contributed by atoms with Gasteiger partial charge in [-0.15, -0.1) is 11.3 Å². The fourth-order valence-corrected chi connectivity index (χ4v) is 5.19. The summed E-state index contributed by atoms with van der Waals surface area (Å²) < 4.78 is 4.92. The zero-order valence-electron chi connectivity index (χ0n) is 15.9. The predicted octanol–water partition coefficient (Wildman–Crippen LogP) is 6.21. The highest BCUT2D eigenvalue weighted by molar-refractivity contribution is 7.26. The number of fused-ring (bicyclic) bond motifs is 7. The predicted molar refractivity (Wildman–Crippen MR) is 128 cm³/mol. The molecule has 0 fully saturated rings. The highest BCUT2D eigenvalue weighted by Gasteiger charge is 2.15. The Kier molecular flexibility index (Phi) is 4.52. The molecule has 0 atom stereocenters. The molecule has 0 spiro atoms. The summed E-state index contributed by atoms with van der Waals surface area (Å²) in [7, 11) is 0. The van der Waals surface area contributed by atoms with Gasteiger partial charge in [-0.1, -0.05) is 55.1 Å². The smallest absolute Gasteiger partial charge is 0.0542 e. The van der Waals surface area contributed by atoms with Gasteiger partial charge in [0, 0.05) is 43.7 Å². The van der Waals surface area contributed by atoms with Crippen molar-refractivity contribution in [2.45, 2.75) is 0 Å². The summed E-state index contributed by atoms with van der Waals surface area (Å²) in [6.07, 6.45) is 7.96. The molecule has 0 unspecified atom stereocenters. The zero-order valence-corrected chi connectivity index (χ0v) is 16.7. The summed E-state index contributed by atoms with van der Waals surface area (Å²) in [4.78, 5) is 0. The van der Waals surface area contributed by atoms with Gasteiger partial charge in [-0.05, 0) is 35.9 Å². The SMILES string of the molecule is C=C/C=C(\C=C/n1c2ccccc2c2c3c(ccc21)sc1ccccc13)CNN. The number of benzene rings is 3. The Labute approximate surface area is 173 Å². The Morgan fingerprint density at radius 3 is 2.55 bits per heavy atom. The zero-order chi connectivity index (χ0) is 19.8. The van der Waals surface area contributed by atoms with Gasteiger partial charge in [-0.2, -0.15) is 0 Å². The first-order valence-electron chi connectivity index (χ1n) is 9.58. The van der Waals surface area contributed by atoms with Gasteiger partial charge < -0.3 is 4.57 Å². The number of rotatable bonds is 5. The molecule has 0 radical (unpaired) electrons. The second-order valence-corrected chi connectivity index (χ2v) is 8.08. The maximum atomic E-state index is 5.53. The molecule has 3 N–H and O–H groups in total. The van der Waals surface area contributed by atoms with Crippen LogP contribution in [0.3, 0.4) is 0 Å². The van der Waals surface area contributed by atoms with Crippen LogP contribution in [0.15, 0.2) is 91.0 Å². The number of nitrogens with two attached hydrogens (primary N) is 1. The van der Waals surface area contributed by atoms with E-state index >= 15 is 0 Å². The molecule has 2 aromatic heterocycles. The molecule has 3 aromatic carbocycles. The van der Waals surface area contributed by atoms with E-state index in [1.807, 2.05) is 17.4 Å². The number of allylic oxidation sites excluding steroid dienone is 2. The van der Waals surface area contributed by atoms with Crippen LogP contribution < -0.4 is 11.3 Å². The normalized spacial score (nSPS) is 12.8. The van der Waals surface area contributed by atoms with Crippen LogP contribution in [0.2, 0.25) is 0 Å². The van der Waals surface area contributed by atoms with E-state index < -0.39 is 0 Å². The molecular formula is C25H21N3S. The first kappa shape index (κ1) is 17.9. The third kappa shape index (κ3) is 2.89. The van der Waals surface area contributed by atoms with Gasteiger partial charge in [0.05, 0.1) is 11.0 Å². The van der Waals surface area contributed by atoms with E-state index in [0.717, 1.165) is 5.57 Å². The summed E-state index contributed by atoms with van der Waals surface area (Å²) in [6, 6.07) is 21.8. The molecule has 142 valence electrons. The van der Waals surface area contributed by atoms with E-state index in [1.54, 1.807) is 6.08 Å². The van der Waals surface area contributed by atoms with Crippen LogP contribution in [0.4, 0.5) is 0 Å². The summed E-state index contributed by atoms with van der Waals surface area (Å²) in [5.74, 6) is 5.53. The topological polar surface area (TPSA) is 43.0 Å². The lowest BCUT2D eigenvalue weighted by atomic mass is 10.1. The molecule has 0 amide bonds. The van der Waals surface area contributed by atoms with Gasteiger partial charge in [0.25, 0.3) is 0 Å². The standard InChI is InChI=1S/C25H21N3S/c1-2-7-17(16-27-26)14-15-28-20-10-5-3-8-18(20)24-21(28)12-13-23-25(24)19-9-4-6-11-22(19)29-23/h2-15,27H,1,16,26H2/b15-14-,17-7+. The van der Waals surface area contributed by atoms with Crippen LogP contribution in [0.25, 0.3) is 48.2 Å². The number of hydrazine groups is 1. The van der Waals surface area contributed by atoms with Gasteiger partial charge in [-0.3, -0.25) is 11.3 Å². The van der Waals surface area contributed by atoms with Gasteiger partial charge >= 0.3 is 0 Å². The fraction of sp³-hybridized carbons (Fsp3) is 0.0400. The third-order valence-electron chi connectivity index (χ3n) is 5.29. The Hall–Kier alpha value is -3.18. The minimum atomic E-state index is 0.582. The van der Waals surface area contributed by atoms with E-state index in [2.05, 4.69) is 89.5 Å². The van der Waals surface area contributed by atoms with Gasteiger partial charge in [0.15, 0.2) is 0 Å². The van der Waals surface area contributed by atoms with Crippen molar-refractivity contribution >= 4 is 59.5 Å². The van der Waals surface area contributed by atoms with Crippen LogP contribution in [0, 0.1) is 0 Å². The Balaban J connectivity index is 1.86. The molecule has 0 saturated heterocycles. The molecular weight excluding hydrogens is 374 g/mol. The lowest BCUT2D eigenvalue weighted by molar-refractivity contribution is 0.806. The molecule has 29 heavy (non-hydrogen) atoms. The second-order valence-electron chi connectivity index (χ2n) is 6.99. The summed E-state index contributed by atoms with van der Waals surface area (Å²) in [5, 5.41) is 5.25. The van der Waals surface area contributed by atoms with Gasteiger partial charge in [0.2, 0.25) is 0 Å². The summed E-state index contributed by atoms with van der Waals surface area (Å²) in [5.41, 5.74) is 6.19. The number of hydrogen-bond acceptors (Lipinski definition) is 3. The minimum absolute atomic E-state index is 0.582. The monoisotopic (exact) mass is 395 g/mol. The Morgan fingerprint density at radius 1 is 0.931 bits per heavy atom. The van der Waals surface area contributed by atoms with E-state index in [0.29, 0.717) is 6.54 Å². The van der Waals surface area contributed by atoms with Crippen LogP contribution in [0.5, 0.6) is 0 Å². The number of para-hydroxylation sites is 1. The molecule has 0 aliphatic heterocycles. The van der Waals surface area contributed by atoms with E-state index in [1.165, 1.54) is 42.0 Å². The Bertz CT molecular complexity index is 1430. The fourth-order valence-electron chi connectivity index (χ4n) is 4.08. The van der Waals surface area contributed by atoms with Crippen LogP contribution in [-0.2, 0) is 0 Å². The molecule has 2 heterocycles. The second kappa shape index (κ2) is 7.33. The first-order valence-corrected chi connectivity index (χ1v) is 10.4. The molecule has 0 aliphatic carbocycles. The van der Waals surface area contributed by atoms with Crippen molar-refractivity contribution in [3.63, 3.8) is 0 Å². The van der Waals surface area contributed by atoms with Crippen molar-refractivity contribution in [1.29, 1.82) is 0 Å². The van der Waals surface area contributed by atoms with Gasteiger partial charge in [-0.25, -0.2) is 0 Å². The maximum Gasteiger partial charge on any atom is 0.0542 e. The third-order valence-corrected chi connectivity index (χ3v) is 6.43. The Morgan fingerprint density at radius 2 is 1.72 bits per heavy atom. The highest BCUT2D eigenvalue weighted by Crippen LogP contribution is 2.42. The molecule has 0 aliphatic rings. The number of hydrogen-bond donors (Lipinski definition) is 2. The van der Waals surface area contributed by atoms with E-state index in [4.69, 9.17) is 5.84 Å². The van der Waals surface area contributed by atoms with Crippen LogP contribution in [0.1, 0.15) is 0 Å². The molecule has 0 bridgehead atoms. The average Bonchev–Trinajstić information content (AvgIpc) is 3.27. The van der Waals surface area contributed by atoms with Crippen molar-refractivity contribution in [1.82, 2.24) is 9.99 Å². The van der Waals surface area contributed by atoms with Crippen molar-refractivity contribution in [3.05, 3.63) is 91.0 Å². The average molecular weight is 396 g/mol. The molecule has 5 aromatic rings. The minimum Gasteiger partial charge on any atom is -0.316 e. The van der Waals surface area contributed by atoms with Crippen LogP contribution in [-0.4, -0.2) is 11.1 Å². The molecule has 0 saturated carbocycles. The number of nitrogens with one attached hydrogen (secondary N) is 1.